The molecule has 1 atom stereocenters. The van der Waals surface area contributed by atoms with E-state index in [-0.39, 0.29) is 24.2 Å². The summed E-state index contributed by atoms with van der Waals surface area (Å²) < 4.78 is 13.1. The van der Waals surface area contributed by atoms with Crippen molar-refractivity contribution < 1.29 is 14.0 Å². The first kappa shape index (κ1) is 21.2. The number of rotatable bonds is 8. The highest BCUT2D eigenvalue weighted by Gasteiger charge is 2.21. The van der Waals surface area contributed by atoms with Crippen molar-refractivity contribution >= 4 is 23.2 Å². The van der Waals surface area contributed by atoms with Gasteiger partial charge in [-0.05, 0) is 47.9 Å². The maximum Gasteiger partial charge on any atom is 0.246 e. The Labute approximate surface area is 175 Å². The second kappa shape index (κ2) is 10.3. The zero-order chi connectivity index (χ0) is 21.3. The number of carbonyl (C=O) groups is 2. The lowest BCUT2D eigenvalue weighted by Gasteiger charge is -2.19. The molecule has 30 heavy (non-hydrogen) atoms. The number of aryl methyl sites for hydroxylation is 1. The number of para-hydroxylation sites is 1. The standard InChI is InChI=1S/C24H24FN3O2/c1-2-17-8-6-7-11-21(17)28-22(29)16-26-23(18-9-4-3-5-10-18)24(30)27-20-14-12-19(25)13-15-20/h3-15,23,26H,2,16H2,1H3,(H,27,30)(H,28,29)/t23-/m0/s1. The summed E-state index contributed by atoms with van der Waals surface area (Å²) in [6, 6.07) is 21.5. The molecule has 0 aliphatic heterocycles. The first-order chi connectivity index (χ1) is 14.6. The van der Waals surface area contributed by atoms with Gasteiger partial charge in [-0.25, -0.2) is 4.39 Å². The van der Waals surface area contributed by atoms with E-state index in [0.717, 1.165) is 23.2 Å². The lowest BCUT2D eigenvalue weighted by atomic mass is 10.1. The number of carbonyl (C=O) groups excluding carboxylic acids is 2. The third-order valence-electron chi connectivity index (χ3n) is 4.65. The molecule has 0 heterocycles. The molecule has 0 fully saturated rings. The van der Waals surface area contributed by atoms with E-state index in [9.17, 15) is 14.0 Å². The number of benzene rings is 3. The zero-order valence-electron chi connectivity index (χ0n) is 16.7. The smallest absolute Gasteiger partial charge is 0.246 e. The largest absolute Gasteiger partial charge is 0.325 e. The van der Waals surface area contributed by atoms with Crippen molar-refractivity contribution in [2.75, 3.05) is 17.2 Å². The molecule has 3 rings (SSSR count). The van der Waals surface area contributed by atoms with Crippen LogP contribution in [0.2, 0.25) is 0 Å². The van der Waals surface area contributed by atoms with E-state index in [1.807, 2.05) is 61.5 Å². The summed E-state index contributed by atoms with van der Waals surface area (Å²) in [4.78, 5) is 25.4. The van der Waals surface area contributed by atoms with Gasteiger partial charge in [-0.3, -0.25) is 14.9 Å². The van der Waals surface area contributed by atoms with Gasteiger partial charge in [0.2, 0.25) is 11.8 Å². The van der Waals surface area contributed by atoms with Crippen LogP contribution in [-0.2, 0) is 16.0 Å². The Morgan fingerprint density at radius 2 is 1.53 bits per heavy atom. The van der Waals surface area contributed by atoms with Gasteiger partial charge in [-0.15, -0.1) is 0 Å². The van der Waals surface area contributed by atoms with Crippen molar-refractivity contribution in [2.45, 2.75) is 19.4 Å². The number of hydrogen-bond acceptors (Lipinski definition) is 3. The van der Waals surface area contributed by atoms with Crippen LogP contribution in [0.3, 0.4) is 0 Å². The van der Waals surface area contributed by atoms with Crippen LogP contribution in [0, 0.1) is 5.82 Å². The van der Waals surface area contributed by atoms with E-state index in [1.54, 1.807) is 0 Å². The highest BCUT2D eigenvalue weighted by atomic mass is 19.1. The summed E-state index contributed by atoms with van der Waals surface area (Å²) in [6.45, 7) is 1.98. The predicted molar refractivity (Wildman–Crippen MR) is 117 cm³/mol. The molecule has 0 spiro atoms. The lowest BCUT2D eigenvalue weighted by Crippen LogP contribution is -2.37. The molecule has 0 unspecified atom stereocenters. The van der Waals surface area contributed by atoms with Gasteiger partial charge in [0.15, 0.2) is 0 Å². The molecule has 154 valence electrons. The van der Waals surface area contributed by atoms with Crippen molar-refractivity contribution in [1.29, 1.82) is 0 Å². The molecule has 5 nitrogen and oxygen atoms in total. The number of nitrogens with one attached hydrogen (secondary N) is 3. The van der Waals surface area contributed by atoms with Gasteiger partial charge in [0.1, 0.15) is 11.9 Å². The maximum absolute atomic E-state index is 13.1. The van der Waals surface area contributed by atoms with Crippen LogP contribution in [0.15, 0.2) is 78.9 Å². The van der Waals surface area contributed by atoms with Crippen molar-refractivity contribution in [3.63, 3.8) is 0 Å². The minimum atomic E-state index is -0.747. The molecule has 0 aliphatic rings. The van der Waals surface area contributed by atoms with Crippen molar-refractivity contribution in [1.82, 2.24) is 5.32 Å². The third-order valence-corrected chi connectivity index (χ3v) is 4.65. The van der Waals surface area contributed by atoms with Crippen LogP contribution in [-0.4, -0.2) is 18.4 Å². The van der Waals surface area contributed by atoms with Crippen LogP contribution in [0.5, 0.6) is 0 Å². The fourth-order valence-electron chi connectivity index (χ4n) is 3.09. The van der Waals surface area contributed by atoms with Gasteiger partial charge in [-0.1, -0.05) is 55.5 Å². The monoisotopic (exact) mass is 405 g/mol. The average Bonchev–Trinajstić information content (AvgIpc) is 2.76. The Morgan fingerprint density at radius 3 is 2.23 bits per heavy atom. The Morgan fingerprint density at radius 1 is 0.867 bits per heavy atom. The minimum Gasteiger partial charge on any atom is -0.325 e. The van der Waals surface area contributed by atoms with Gasteiger partial charge in [-0.2, -0.15) is 0 Å². The van der Waals surface area contributed by atoms with E-state index in [4.69, 9.17) is 0 Å². The van der Waals surface area contributed by atoms with Gasteiger partial charge in [0.05, 0.1) is 6.54 Å². The highest BCUT2D eigenvalue weighted by molar-refractivity contribution is 5.97. The van der Waals surface area contributed by atoms with Crippen LogP contribution >= 0.6 is 0 Å². The number of hydrogen-bond donors (Lipinski definition) is 3. The Bertz CT molecular complexity index is 991. The van der Waals surface area contributed by atoms with Crippen LogP contribution < -0.4 is 16.0 Å². The van der Waals surface area contributed by atoms with E-state index < -0.39 is 6.04 Å². The molecule has 0 saturated carbocycles. The van der Waals surface area contributed by atoms with Gasteiger partial charge in [0, 0.05) is 11.4 Å². The number of halogens is 1. The topological polar surface area (TPSA) is 70.2 Å². The zero-order valence-corrected chi connectivity index (χ0v) is 16.7. The first-order valence-electron chi connectivity index (χ1n) is 9.79. The second-order valence-corrected chi connectivity index (χ2v) is 6.78. The fraction of sp³-hybridized carbons (Fsp3) is 0.167. The summed E-state index contributed by atoms with van der Waals surface area (Å²) in [5, 5.41) is 8.67. The SMILES string of the molecule is CCc1ccccc1NC(=O)CN[C@H](C(=O)Nc1ccc(F)cc1)c1ccccc1. The molecule has 3 aromatic carbocycles. The van der Waals surface area contributed by atoms with E-state index in [1.165, 1.54) is 24.3 Å². The molecular formula is C24H24FN3O2. The van der Waals surface area contributed by atoms with Crippen LogP contribution in [0.25, 0.3) is 0 Å². The van der Waals surface area contributed by atoms with Crippen molar-refractivity contribution in [3.8, 4) is 0 Å². The third kappa shape index (κ3) is 5.75. The maximum atomic E-state index is 13.1. The summed E-state index contributed by atoms with van der Waals surface area (Å²) in [5.74, 6) is -0.962. The first-order valence-corrected chi connectivity index (χ1v) is 9.79. The summed E-state index contributed by atoms with van der Waals surface area (Å²) in [6.07, 6.45) is 0.802. The molecule has 0 bridgehead atoms. The Balaban J connectivity index is 1.69. The summed E-state index contributed by atoms with van der Waals surface area (Å²) in [7, 11) is 0. The van der Waals surface area contributed by atoms with Crippen LogP contribution in [0.1, 0.15) is 24.1 Å². The van der Waals surface area contributed by atoms with Crippen molar-refractivity contribution in [3.05, 3.63) is 95.8 Å². The average molecular weight is 405 g/mol. The lowest BCUT2D eigenvalue weighted by molar-refractivity contribution is -0.119. The second-order valence-electron chi connectivity index (χ2n) is 6.78. The number of amides is 2. The van der Waals surface area contributed by atoms with E-state index in [2.05, 4.69) is 16.0 Å². The Hall–Kier alpha value is -3.51. The predicted octanol–water partition coefficient (Wildman–Crippen LogP) is 4.30. The molecule has 0 aromatic heterocycles. The summed E-state index contributed by atoms with van der Waals surface area (Å²) in [5.41, 5.74) is 3.00. The Kier molecular flexibility index (Phi) is 7.29. The fourth-order valence-corrected chi connectivity index (χ4v) is 3.09. The van der Waals surface area contributed by atoms with Crippen LogP contribution in [0.4, 0.5) is 15.8 Å². The molecule has 2 amide bonds. The van der Waals surface area contributed by atoms with Gasteiger partial charge < -0.3 is 10.6 Å². The molecule has 3 N–H and O–H groups in total. The van der Waals surface area contributed by atoms with Gasteiger partial charge >= 0.3 is 0 Å². The highest BCUT2D eigenvalue weighted by Crippen LogP contribution is 2.18. The molecule has 0 aliphatic carbocycles. The number of anilines is 2. The quantitative estimate of drug-likeness (QED) is 0.523. The molecule has 3 aromatic rings. The van der Waals surface area contributed by atoms with Gasteiger partial charge in [0.25, 0.3) is 0 Å². The van der Waals surface area contributed by atoms with E-state index in [0.29, 0.717) is 5.69 Å². The van der Waals surface area contributed by atoms with Crippen molar-refractivity contribution in [2.24, 2.45) is 0 Å². The summed E-state index contributed by atoms with van der Waals surface area (Å²) >= 11 is 0. The van der Waals surface area contributed by atoms with E-state index >= 15 is 0 Å². The molecular weight excluding hydrogens is 381 g/mol. The minimum absolute atomic E-state index is 0.0472. The normalized spacial score (nSPS) is 11.5. The molecule has 0 radical (unpaired) electrons. The molecule has 0 saturated heterocycles. The molecule has 6 heteroatoms.